The van der Waals surface area contributed by atoms with Crippen LogP contribution in [-0.4, -0.2) is 41.0 Å². The highest BCUT2D eigenvalue weighted by atomic mass is 35.5. The van der Waals surface area contributed by atoms with E-state index in [4.69, 9.17) is 11.6 Å². The molecule has 2 rings (SSSR count). The van der Waals surface area contributed by atoms with Crippen LogP contribution in [0.25, 0.3) is 0 Å². The first kappa shape index (κ1) is 15.7. The molecule has 1 atom stereocenters. The number of aliphatic hydroxyl groups is 1. The molecule has 0 bridgehead atoms. The average molecular weight is 319 g/mol. The number of aromatic nitrogens is 1. The molecule has 2 heterocycles. The van der Waals surface area contributed by atoms with Crippen molar-refractivity contribution in [2.24, 2.45) is 0 Å². The standard InChI is InChI=1S/C13H19ClN2O3S/c1-13(2,17)11-4-3-7-16(11)20(18,19)9-10-5-6-12(14)15-8-10/h5-6,8,11,17H,3-4,7,9H2,1-2H3. The lowest BCUT2D eigenvalue weighted by atomic mass is 9.98. The Balaban J connectivity index is 2.20. The van der Waals surface area contributed by atoms with Gasteiger partial charge in [0.05, 0.1) is 17.4 Å². The highest BCUT2D eigenvalue weighted by Gasteiger charge is 2.41. The van der Waals surface area contributed by atoms with E-state index in [0.29, 0.717) is 23.7 Å². The Labute approximate surface area is 124 Å². The Kier molecular flexibility index (Phi) is 4.39. The van der Waals surface area contributed by atoms with Crippen molar-refractivity contribution in [2.75, 3.05) is 6.54 Å². The van der Waals surface area contributed by atoms with Gasteiger partial charge >= 0.3 is 0 Å². The molecule has 0 aliphatic carbocycles. The lowest BCUT2D eigenvalue weighted by Crippen LogP contribution is -2.48. The SMILES string of the molecule is CC(C)(O)C1CCCN1S(=O)(=O)Cc1ccc(Cl)nc1. The van der Waals surface area contributed by atoms with E-state index >= 15 is 0 Å². The summed E-state index contributed by atoms with van der Waals surface area (Å²) in [5.74, 6) is -0.121. The highest BCUT2D eigenvalue weighted by molar-refractivity contribution is 7.88. The molecule has 1 aliphatic heterocycles. The first-order chi connectivity index (χ1) is 9.20. The Morgan fingerprint density at radius 2 is 2.20 bits per heavy atom. The number of pyridine rings is 1. The molecule has 1 N–H and O–H groups in total. The maximum atomic E-state index is 12.5. The van der Waals surface area contributed by atoms with Crippen molar-refractivity contribution in [1.29, 1.82) is 0 Å². The van der Waals surface area contributed by atoms with Crippen LogP contribution in [0.2, 0.25) is 5.15 Å². The summed E-state index contributed by atoms with van der Waals surface area (Å²) in [6.07, 6.45) is 2.92. The minimum atomic E-state index is -3.47. The largest absolute Gasteiger partial charge is 0.389 e. The molecule has 1 aromatic rings. The van der Waals surface area contributed by atoms with Gasteiger partial charge in [-0.05, 0) is 38.3 Å². The monoisotopic (exact) mass is 318 g/mol. The summed E-state index contributed by atoms with van der Waals surface area (Å²) in [6.45, 7) is 3.75. The van der Waals surface area contributed by atoms with Crippen LogP contribution in [0.1, 0.15) is 32.3 Å². The summed E-state index contributed by atoms with van der Waals surface area (Å²) in [6, 6.07) is 2.86. The number of sulfonamides is 1. The maximum absolute atomic E-state index is 12.5. The molecule has 7 heteroatoms. The van der Waals surface area contributed by atoms with Crippen molar-refractivity contribution >= 4 is 21.6 Å². The van der Waals surface area contributed by atoms with Crippen LogP contribution in [0.3, 0.4) is 0 Å². The van der Waals surface area contributed by atoms with Crippen LogP contribution in [0.15, 0.2) is 18.3 Å². The van der Waals surface area contributed by atoms with Gasteiger partial charge in [0.1, 0.15) is 5.15 Å². The third kappa shape index (κ3) is 3.49. The Morgan fingerprint density at radius 1 is 1.50 bits per heavy atom. The third-order valence-corrected chi connectivity index (χ3v) is 5.59. The van der Waals surface area contributed by atoms with Crippen molar-refractivity contribution in [2.45, 2.75) is 44.1 Å². The number of halogens is 1. The molecule has 0 spiro atoms. The van der Waals surface area contributed by atoms with Gasteiger partial charge < -0.3 is 5.11 Å². The normalized spacial score (nSPS) is 21.3. The minimum Gasteiger partial charge on any atom is -0.389 e. The lowest BCUT2D eigenvalue weighted by Gasteiger charge is -2.33. The lowest BCUT2D eigenvalue weighted by molar-refractivity contribution is 0.0214. The summed E-state index contributed by atoms with van der Waals surface area (Å²) < 4.78 is 26.4. The van der Waals surface area contributed by atoms with Gasteiger partial charge in [0.2, 0.25) is 10.0 Å². The molecule has 1 aliphatic rings. The molecule has 0 saturated carbocycles. The van der Waals surface area contributed by atoms with Gasteiger partial charge in [-0.1, -0.05) is 17.7 Å². The topological polar surface area (TPSA) is 70.5 Å². The van der Waals surface area contributed by atoms with Gasteiger partial charge in [-0.3, -0.25) is 0 Å². The van der Waals surface area contributed by atoms with Crippen LogP contribution in [0, 0.1) is 0 Å². The maximum Gasteiger partial charge on any atom is 0.218 e. The fraction of sp³-hybridized carbons (Fsp3) is 0.615. The first-order valence-electron chi connectivity index (χ1n) is 6.52. The van der Waals surface area contributed by atoms with Crippen molar-refractivity contribution in [3.63, 3.8) is 0 Å². The van der Waals surface area contributed by atoms with Gasteiger partial charge in [0.25, 0.3) is 0 Å². The summed E-state index contributed by atoms with van der Waals surface area (Å²) in [7, 11) is -3.47. The van der Waals surface area contributed by atoms with Crippen molar-refractivity contribution in [3.05, 3.63) is 29.0 Å². The second kappa shape index (κ2) is 5.60. The molecule has 0 radical (unpaired) electrons. The van der Waals surface area contributed by atoms with Crippen LogP contribution in [0.4, 0.5) is 0 Å². The fourth-order valence-electron chi connectivity index (χ4n) is 2.56. The molecule has 5 nitrogen and oxygen atoms in total. The number of hydrogen-bond donors (Lipinski definition) is 1. The summed E-state index contributed by atoms with van der Waals surface area (Å²) in [4.78, 5) is 3.89. The summed E-state index contributed by atoms with van der Waals surface area (Å²) in [5, 5.41) is 10.5. The second-order valence-electron chi connectivity index (χ2n) is 5.67. The van der Waals surface area contributed by atoms with Crippen LogP contribution in [0.5, 0.6) is 0 Å². The van der Waals surface area contributed by atoms with E-state index in [-0.39, 0.29) is 11.8 Å². The van der Waals surface area contributed by atoms with Crippen molar-refractivity contribution in [1.82, 2.24) is 9.29 Å². The predicted molar refractivity (Wildman–Crippen MR) is 77.9 cm³/mol. The molecular weight excluding hydrogens is 300 g/mol. The van der Waals surface area contributed by atoms with Gasteiger partial charge in [-0.25, -0.2) is 13.4 Å². The van der Waals surface area contributed by atoms with Crippen LogP contribution >= 0.6 is 11.6 Å². The molecule has 0 aromatic carbocycles. The average Bonchev–Trinajstić information content (AvgIpc) is 2.81. The first-order valence-corrected chi connectivity index (χ1v) is 8.51. The van der Waals surface area contributed by atoms with Gasteiger partial charge in [0, 0.05) is 12.7 Å². The molecule has 1 saturated heterocycles. The molecule has 1 aromatic heterocycles. The van der Waals surface area contributed by atoms with E-state index < -0.39 is 15.6 Å². The number of nitrogens with zero attached hydrogens (tertiary/aromatic N) is 2. The zero-order valence-corrected chi connectivity index (χ0v) is 13.2. The van der Waals surface area contributed by atoms with Crippen molar-refractivity contribution < 1.29 is 13.5 Å². The third-order valence-electron chi connectivity index (χ3n) is 3.51. The second-order valence-corrected chi connectivity index (χ2v) is 7.98. The zero-order chi connectivity index (χ0) is 15.0. The molecule has 112 valence electrons. The van der Waals surface area contributed by atoms with E-state index in [2.05, 4.69) is 4.98 Å². The van der Waals surface area contributed by atoms with E-state index in [9.17, 15) is 13.5 Å². The molecule has 0 amide bonds. The number of hydrogen-bond acceptors (Lipinski definition) is 4. The summed E-state index contributed by atoms with van der Waals surface area (Å²) in [5.41, 5.74) is -0.447. The molecule has 1 fully saturated rings. The Hall–Kier alpha value is -0.690. The highest BCUT2D eigenvalue weighted by Crippen LogP contribution is 2.30. The zero-order valence-electron chi connectivity index (χ0n) is 11.6. The van der Waals surface area contributed by atoms with E-state index in [1.807, 2.05) is 0 Å². The van der Waals surface area contributed by atoms with Crippen LogP contribution < -0.4 is 0 Å². The van der Waals surface area contributed by atoms with E-state index in [1.165, 1.54) is 10.5 Å². The Morgan fingerprint density at radius 3 is 2.75 bits per heavy atom. The van der Waals surface area contributed by atoms with Gasteiger partial charge in [-0.2, -0.15) is 4.31 Å². The summed E-state index contributed by atoms with van der Waals surface area (Å²) >= 11 is 5.69. The number of rotatable bonds is 4. The predicted octanol–water partition coefficient (Wildman–Crippen LogP) is 1.80. The Bertz CT molecular complexity index is 566. The quantitative estimate of drug-likeness (QED) is 0.859. The minimum absolute atomic E-state index is 0.121. The van der Waals surface area contributed by atoms with Gasteiger partial charge in [-0.15, -0.1) is 0 Å². The smallest absolute Gasteiger partial charge is 0.218 e. The van der Waals surface area contributed by atoms with E-state index in [0.717, 1.165) is 6.42 Å². The van der Waals surface area contributed by atoms with Crippen molar-refractivity contribution in [3.8, 4) is 0 Å². The molecule has 1 unspecified atom stereocenters. The fourth-order valence-corrected chi connectivity index (χ4v) is 4.59. The van der Waals surface area contributed by atoms with Crippen LogP contribution in [-0.2, 0) is 15.8 Å². The van der Waals surface area contributed by atoms with E-state index in [1.54, 1.807) is 26.0 Å². The molecule has 20 heavy (non-hydrogen) atoms. The van der Waals surface area contributed by atoms with Gasteiger partial charge in [0.15, 0.2) is 0 Å². The molecular formula is C13H19ClN2O3S.